The second kappa shape index (κ2) is 4.43. The van der Waals surface area contributed by atoms with Gasteiger partial charge in [-0.25, -0.2) is 4.79 Å². The Balaban J connectivity index is 0.000000364. The van der Waals surface area contributed by atoms with Gasteiger partial charge in [-0.05, 0) is 13.0 Å². The SMILES string of the molecule is CC=CC1(C(C)(C)C)OO1.O=C(O)O. The molecule has 0 atom stereocenters. The van der Waals surface area contributed by atoms with E-state index < -0.39 is 11.9 Å². The lowest BCUT2D eigenvalue weighted by molar-refractivity contribution is 0.0850. The fourth-order valence-electron chi connectivity index (χ4n) is 0.820. The molecule has 1 rings (SSSR count). The van der Waals surface area contributed by atoms with E-state index in [-0.39, 0.29) is 5.41 Å². The van der Waals surface area contributed by atoms with Gasteiger partial charge in [-0.3, -0.25) is 0 Å². The third-order valence-electron chi connectivity index (χ3n) is 1.69. The van der Waals surface area contributed by atoms with Crippen molar-refractivity contribution in [2.24, 2.45) is 5.41 Å². The molecule has 0 aliphatic carbocycles. The van der Waals surface area contributed by atoms with E-state index >= 15 is 0 Å². The Morgan fingerprint density at radius 2 is 1.64 bits per heavy atom. The summed E-state index contributed by atoms with van der Waals surface area (Å²) in [5.74, 6) is -0.443. The van der Waals surface area contributed by atoms with Crippen LogP contribution in [0.3, 0.4) is 0 Å². The van der Waals surface area contributed by atoms with Crippen LogP contribution in [0.25, 0.3) is 0 Å². The smallest absolute Gasteiger partial charge is 0.450 e. The number of allylic oxidation sites excluding steroid dienone is 1. The molecular weight excluding hydrogens is 188 g/mol. The lowest BCUT2D eigenvalue weighted by Gasteiger charge is -2.19. The van der Waals surface area contributed by atoms with Crippen molar-refractivity contribution in [2.75, 3.05) is 0 Å². The molecule has 14 heavy (non-hydrogen) atoms. The molecule has 1 saturated heterocycles. The molecular formula is C9H16O5. The molecule has 0 amide bonds. The fraction of sp³-hybridized carbons (Fsp3) is 0.667. The number of rotatable bonds is 1. The van der Waals surface area contributed by atoms with Gasteiger partial charge in [0.25, 0.3) is 5.79 Å². The van der Waals surface area contributed by atoms with Gasteiger partial charge in [0.1, 0.15) is 0 Å². The highest BCUT2D eigenvalue weighted by atomic mass is 17.4. The molecule has 0 saturated carbocycles. The molecule has 82 valence electrons. The van der Waals surface area contributed by atoms with Crippen LogP contribution in [0.4, 0.5) is 4.79 Å². The highest BCUT2D eigenvalue weighted by Crippen LogP contribution is 2.46. The van der Waals surface area contributed by atoms with Crippen LogP contribution >= 0.6 is 0 Å². The van der Waals surface area contributed by atoms with E-state index in [9.17, 15) is 0 Å². The number of hydrogen-bond donors (Lipinski definition) is 2. The van der Waals surface area contributed by atoms with Crippen LogP contribution in [0, 0.1) is 5.41 Å². The summed E-state index contributed by atoms with van der Waals surface area (Å²) in [7, 11) is 0. The molecule has 1 fully saturated rings. The summed E-state index contributed by atoms with van der Waals surface area (Å²) in [4.78, 5) is 18.4. The van der Waals surface area contributed by atoms with Crippen LogP contribution in [-0.4, -0.2) is 22.2 Å². The molecule has 0 bridgehead atoms. The summed E-state index contributed by atoms with van der Waals surface area (Å²) >= 11 is 0. The third-order valence-corrected chi connectivity index (χ3v) is 1.69. The molecule has 1 aliphatic rings. The summed E-state index contributed by atoms with van der Waals surface area (Å²) < 4.78 is 0. The van der Waals surface area contributed by atoms with Crippen LogP contribution in [0.15, 0.2) is 12.2 Å². The Labute approximate surface area is 82.9 Å². The van der Waals surface area contributed by atoms with Crippen molar-refractivity contribution in [1.82, 2.24) is 0 Å². The standard InChI is InChI=1S/C8H14O2.CH2O3/c1-5-6-8(9-10-8)7(2,3)4;2-1(3)4/h5-6H,1-4H3;(H2,2,3,4). The van der Waals surface area contributed by atoms with Crippen molar-refractivity contribution in [1.29, 1.82) is 0 Å². The quantitative estimate of drug-likeness (QED) is 0.389. The van der Waals surface area contributed by atoms with Gasteiger partial charge >= 0.3 is 6.16 Å². The lowest BCUT2D eigenvalue weighted by Crippen LogP contribution is -2.27. The van der Waals surface area contributed by atoms with Gasteiger partial charge < -0.3 is 10.2 Å². The predicted octanol–water partition coefficient (Wildman–Crippen LogP) is 2.49. The monoisotopic (exact) mass is 204 g/mol. The second-order valence-electron chi connectivity index (χ2n) is 3.87. The van der Waals surface area contributed by atoms with Gasteiger partial charge in [-0.2, -0.15) is 9.78 Å². The Bertz CT molecular complexity index is 218. The molecule has 5 nitrogen and oxygen atoms in total. The Kier molecular flexibility index (Phi) is 4.09. The van der Waals surface area contributed by atoms with E-state index in [2.05, 4.69) is 20.8 Å². The molecule has 0 unspecified atom stereocenters. The van der Waals surface area contributed by atoms with E-state index in [1.54, 1.807) is 0 Å². The van der Waals surface area contributed by atoms with Gasteiger partial charge in [0.05, 0.1) is 0 Å². The largest absolute Gasteiger partial charge is 0.503 e. The van der Waals surface area contributed by atoms with E-state index in [0.29, 0.717) is 0 Å². The minimum Gasteiger partial charge on any atom is -0.450 e. The molecule has 0 aromatic carbocycles. The van der Waals surface area contributed by atoms with E-state index in [1.807, 2.05) is 19.1 Å². The summed E-state index contributed by atoms with van der Waals surface area (Å²) in [6.07, 6.45) is 2.05. The van der Waals surface area contributed by atoms with E-state index in [4.69, 9.17) is 24.8 Å². The highest BCUT2D eigenvalue weighted by Gasteiger charge is 2.56. The molecule has 0 radical (unpaired) electrons. The second-order valence-corrected chi connectivity index (χ2v) is 3.87. The van der Waals surface area contributed by atoms with Gasteiger partial charge in [0.15, 0.2) is 0 Å². The maximum atomic E-state index is 8.56. The van der Waals surface area contributed by atoms with E-state index in [0.717, 1.165) is 0 Å². The first-order valence-electron chi connectivity index (χ1n) is 4.18. The minimum atomic E-state index is -1.83. The maximum absolute atomic E-state index is 8.56. The molecule has 2 N–H and O–H groups in total. The highest BCUT2D eigenvalue weighted by molar-refractivity contribution is 5.53. The number of hydrogen-bond acceptors (Lipinski definition) is 3. The zero-order valence-corrected chi connectivity index (χ0v) is 8.77. The van der Waals surface area contributed by atoms with Crippen LogP contribution in [-0.2, 0) is 9.78 Å². The van der Waals surface area contributed by atoms with Crippen molar-refractivity contribution in [3.63, 3.8) is 0 Å². The lowest BCUT2D eigenvalue weighted by atomic mass is 9.86. The van der Waals surface area contributed by atoms with Crippen molar-refractivity contribution < 1.29 is 24.8 Å². The van der Waals surface area contributed by atoms with Crippen LogP contribution in [0.2, 0.25) is 0 Å². The molecule has 0 aromatic heterocycles. The molecule has 0 aromatic rings. The first kappa shape index (κ1) is 12.9. The minimum absolute atomic E-state index is 0.0273. The molecule has 1 heterocycles. The Hall–Kier alpha value is -1.07. The van der Waals surface area contributed by atoms with Crippen molar-refractivity contribution >= 4 is 6.16 Å². The van der Waals surface area contributed by atoms with Crippen LogP contribution in [0.5, 0.6) is 0 Å². The fourth-order valence-corrected chi connectivity index (χ4v) is 0.820. The van der Waals surface area contributed by atoms with Crippen molar-refractivity contribution in [3.8, 4) is 0 Å². The topological polar surface area (TPSA) is 82.6 Å². The van der Waals surface area contributed by atoms with Crippen molar-refractivity contribution in [3.05, 3.63) is 12.2 Å². The summed E-state index contributed by atoms with van der Waals surface area (Å²) in [5, 5.41) is 13.9. The zero-order chi connectivity index (χ0) is 11.4. The number of carbonyl (C=O) groups is 1. The molecule has 1 aliphatic heterocycles. The Morgan fingerprint density at radius 3 is 1.71 bits per heavy atom. The summed E-state index contributed by atoms with van der Waals surface area (Å²) in [6.45, 7) is 8.21. The van der Waals surface area contributed by atoms with Gasteiger partial charge in [0.2, 0.25) is 0 Å². The normalized spacial score (nSPS) is 18.6. The first-order valence-corrected chi connectivity index (χ1v) is 4.18. The Morgan fingerprint density at radius 1 is 1.29 bits per heavy atom. The maximum Gasteiger partial charge on any atom is 0.503 e. The summed E-state index contributed by atoms with van der Waals surface area (Å²) in [6, 6.07) is 0. The average molecular weight is 204 g/mol. The van der Waals surface area contributed by atoms with Crippen molar-refractivity contribution in [2.45, 2.75) is 33.5 Å². The zero-order valence-electron chi connectivity index (χ0n) is 8.77. The van der Waals surface area contributed by atoms with Crippen LogP contribution in [0.1, 0.15) is 27.7 Å². The van der Waals surface area contributed by atoms with Gasteiger partial charge in [-0.1, -0.05) is 26.8 Å². The average Bonchev–Trinajstić information content (AvgIpc) is 2.66. The third kappa shape index (κ3) is 3.76. The first-order chi connectivity index (χ1) is 6.25. The molecule has 0 spiro atoms. The summed E-state index contributed by atoms with van der Waals surface area (Å²) in [5.41, 5.74) is 0.0273. The van der Waals surface area contributed by atoms with Gasteiger partial charge in [0, 0.05) is 5.41 Å². The van der Waals surface area contributed by atoms with E-state index in [1.165, 1.54) is 0 Å². The van der Waals surface area contributed by atoms with Gasteiger partial charge in [-0.15, -0.1) is 0 Å². The van der Waals surface area contributed by atoms with Crippen LogP contribution < -0.4 is 0 Å². The predicted molar refractivity (Wildman–Crippen MR) is 49.8 cm³/mol. The molecule has 5 heteroatoms. The number of carboxylic acid groups (broad SMARTS) is 2.